The third-order valence-electron chi connectivity index (χ3n) is 6.61. The van der Waals surface area contributed by atoms with E-state index in [4.69, 9.17) is 4.74 Å². The summed E-state index contributed by atoms with van der Waals surface area (Å²) in [6.45, 7) is 0. The Morgan fingerprint density at radius 2 is 1.75 bits per heavy atom. The van der Waals surface area contributed by atoms with Crippen molar-refractivity contribution < 1.29 is 9.13 Å². The highest BCUT2D eigenvalue weighted by Gasteiger charge is 2.39. The van der Waals surface area contributed by atoms with Crippen LogP contribution < -0.4 is 10.3 Å². The van der Waals surface area contributed by atoms with Crippen molar-refractivity contribution in [2.75, 3.05) is 7.11 Å². The Kier molecular flexibility index (Phi) is 5.65. The smallest absolute Gasteiger partial charge is 0.251 e. The monoisotopic (exact) mass is 478 g/mol. The quantitative estimate of drug-likeness (QED) is 0.353. The number of hydrogen-bond donors (Lipinski definition) is 0. The molecule has 178 valence electrons. The van der Waals surface area contributed by atoms with Crippen LogP contribution in [-0.2, 0) is 19.8 Å². The molecule has 0 bridgehead atoms. The van der Waals surface area contributed by atoms with E-state index in [2.05, 4.69) is 11.1 Å². The lowest BCUT2D eigenvalue weighted by atomic mass is 9.83. The second-order valence-corrected chi connectivity index (χ2v) is 8.66. The molecule has 2 aromatic heterocycles. The number of aryl methyl sites for hydroxylation is 2. The molecule has 0 aliphatic carbocycles. The van der Waals surface area contributed by atoms with E-state index in [0.717, 1.165) is 10.9 Å². The first-order chi connectivity index (χ1) is 17.4. The maximum Gasteiger partial charge on any atom is 0.251 e. The third-order valence-corrected chi connectivity index (χ3v) is 6.61. The number of benzene rings is 3. The molecule has 2 heterocycles. The summed E-state index contributed by atoms with van der Waals surface area (Å²) >= 11 is 0. The van der Waals surface area contributed by atoms with Crippen molar-refractivity contribution in [3.05, 3.63) is 118 Å². The summed E-state index contributed by atoms with van der Waals surface area (Å²) in [5.41, 5.74) is 1.46. The van der Waals surface area contributed by atoms with Crippen molar-refractivity contribution in [1.82, 2.24) is 14.1 Å². The van der Waals surface area contributed by atoms with Gasteiger partial charge >= 0.3 is 0 Å². The number of nitrogens with zero attached hydrogens (tertiary/aromatic N) is 4. The largest absolute Gasteiger partial charge is 0.497 e. The standard InChI is InChI=1S/C29H23FN4O2/c1-33-18-32-17-27(33)29(30,21-9-7-19(16-31)8-10-21)22-11-12-26-25(14-22)24(15-28(35)34(26)2)20-5-4-6-23(13-20)36-3/h4-15,17-18H,1-3H3/t29-/m1/s1. The van der Waals surface area contributed by atoms with Crippen molar-refractivity contribution in [2.45, 2.75) is 5.67 Å². The van der Waals surface area contributed by atoms with Gasteiger partial charge in [0.15, 0.2) is 0 Å². The van der Waals surface area contributed by atoms with Gasteiger partial charge in [0.1, 0.15) is 5.75 Å². The van der Waals surface area contributed by atoms with Crippen LogP contribution in [0.1, 0.15) is 22.4 Å². The highest BCUT2D eigenvalue weighted by atomic mass is 19.1. The Balaban J connectivity index is 1.82. The SMILES string of the molecule is COc1cccc(-c2cc(=O)n(C)c3ccc([C@](F)(c4ccc(C#N)cc4)c4cncn4C)cc23)c1. The van der Waals surface area contributed by atoms with Gasteiger partial charge in [0.05, 0.1) is 42.5 Å². The molecule has 0 aliphatic rings. The van der Waals surface area contributed by atoms with Gasteiger partial charge in [-0.1, -0.05) is 30.3 Å². The molecule has 1 atom stereocenters. The van der Waals surface area contributed by atoms with Gasteiger partial charge in [-0.2, -0.15) is 5.26 Å². The minimum atomic E-state index is -2.06. The summed E-state index contributed by atoms with van der Waals surface area (Å²) < 4.78 is 26.0. The average Bonchev–Trinajstić information content (AvgIpc) is 3.36. The molecule has 0 fully saturated rings. The van der Waals surface area contributed by atoms with Crippen LogP contribution in [0.5, 0.6) is 5.75 Å². The molecule has 5 aromatic rings. The zero-order valence-electron chi connectivity index (χ0n) is 20.1. The molecule has 0 amide bonds. The van der Waals surface area contributed by atoms with Gasteiger partial charge in [-0.25, -0.2) is 9.37 Å². The van der Waals surface area contributed by atoms with E-state index >= 15 is 4.39 Å². The molecule has 0 radical (unpaired) electrons. The molecule has 0 saturated heterocycles. The molecule has 0 N–H and O–H groups in total. The average molecular weight is 479 g/mol. The predicted molar refractivity (Wildman–Crippen MR) is 137 cm³/mol. The summed E-state index contributed by atoms with van der Waals surface area (Å²) in [7, 11) is 5.03. The van der Waals surface area contributed by atoms with Crippen molar-refractivity contribution in [3.63, 3.8) is 0 Å². The lowest BCUT2D eigenvalue weighted by Gasteiger charge is -2.28. The molecule has 7 heteroatoms. The van der Waals surface area contributed by atoms with Crippen molar-refractivity contribution >= 4 is 10.9 Å². The maximum absolute atomic E-state index is 17.4. The highest BCUT2D eigenvalue weighted by molar-refractivity contribution is 5.95. The van der Waals surface area contributed by atoms with Gasteiger partial charge < -0.3 is 13.9 Å². The van der Waals surface area contributed by atoms with E-state index in [1.165, 1.54) is 6.20 Å². The van der Waals surface area contributed by atoms with Gasteiger partial charge in [-0.3, -0.25) is 4.79 Å². The first-order valence-electron chi connectivity index (χ1n) is 11.3. The molecule has 0 aliphatic heterocycles. The van der Waals surface area contributed by atoms with Gasteiger partial charge in [0.2, 0.25) is 5.67 Å². The number of fused-ring (bicyclic) bond motifs is 1. The molecule has 6 nitrogen and oxygen atoms in total. The number of hydrogen-bond acceptors (Lipinski definition) is 4. The van der Waals surface area contributed by atoms with E-state index in [-0.39, 0.29) is 5.56 Å². The van der Waals surface area contributed by atoms with E-state index < -0.39 is 5.67 Å². The van der Waals surface area contributed by atoms with E-state index in [9.17, 15) is 10.1 Å². The molecule has 3 aromatic carbocycles. The van der Waals surface area contributed by atoms with Crippen molar-refractivity contribution in [2.24, 2.45) is 14.1 Å². The summed E-state index contributed by atoms with van der Waals surface area (Å²) in [5.74, 6) is 0.657. The fourth-order valence-corrected chi connectivity index (χ4v) is 4.63. The number of nitriles is 1. The van der Waals surface area contributed by atoms with Crippen LogP contribution in [-0.4, -0.2) is 21.2 Å². The zero-order chi connectivity index (χ0) is 25.4. The molecule has 5 rings (SSSR count). The van der Waals surface area contributed by atoms with Gasteiger partial charge in [0, 0.05) is 31.1 Å². The van der Waals surface area contributed by atoms with Gasteiger partial charge in [-0.05, 0) is 53.1 Å². The maximum atomic E-state index is 17.4. The van der Waals surface area contributed by atoms with Crippen molar-refractivity contribution in [3.8, 4) is 22.9 Å². The Labute approximate surface area is 207 Å². The lowest BCUT2D eigenvalue weighted by molar-refractivity contribution is 0.267. The minimum absolute atomic E-state index is 0.168. The fourth-order valence-electron chi connectivity index (χ4n) is 4.63. The highest BCUT2D eigenvalue weighted by Crippen LogP contribution is 2.42. The summed E-state index contributed by atoms with van der Waals surface area (Å²) in [6, 6.07) is 22.8. The van der Waals surface area contributed by atoms with Crippen LogP contribution in [0.25, 0.3) is 22.0 Å². The zero-order valence-corrected chi connectivity index (χ0v) is 20.1. The second-order valence-electron chi connectivity index (χ2n) is 8.66. The predicted octanol–water partition coefficient (Wildman–Crippen LogP) is 5.08. The normalized spacial score (nSPS) is 12.8. The molecular formula is C29H23FN4O2. The first kappa shape index (κ1) is 23.1. The van der Waals surface area contributed by atoms with E-state index in [1.807, 2.05) is 24.3 Å². The number of imidazole rings is 1. The van der Waals surface area contributed by atoms with Crippen molar-refractivity contribution in [1.29, 1.82) is 5.26 Å². The first-order valence-corrected chi connectivity index (χ1v) is 11.3. The van der Waals surface area contributed by atoms with Crippen LogP contribution in [0.4, 0.5) is 4.39 Å². The molecular weight excluding hydrogens is 455 g/mol. The van der Waals surface area contributed by atoms with Gasteiger partial charge in [-0.15, -0.1) is 0 Å². The van der Waals surface area contributed by atoms with Crippen LogP contribution in [0.15, 0.2) is 90.1 Å². The van der Waals surface area contributed by atoms with Crippen LogP contribution in [0, 0.1) is 11.3 Å². The topological polar surface area (TPSA) is 72.8 Å². The van der Waals surface area contributed by atoms with Crippen LogP contribution >= 0.6 is 0 Å². The number of rotatable bonds is 5. The molecule has 0 saturated carbocycles. The summed E-state index contributed by atoms with van der Waals surface area (Å²) in [5, 5.41) is 9.95. The molecule has 36 heavy (non-hydrogen) atoms. The molecule has 0 unspecified atom stereocenters. The number of halogens is 1. The number of pyridine rings is 1. The molecule has 0 spiro atoms. The minimum Gasteiger partial charge on any atom is -0.497 e. The summed E-state index contributed by atoms with van der Waals surface area (Å²) in [4.78, 5) is 17.0. The van der Waals surface area contributed by atoms with E-state index in [1.54, 1.807) is 85.2 Å². The van der Waals surface area contributed by atoms with Gasteiger partial charge in [0.25, 0.3) is 5.56 Å². The van der Waals surface area contributed by atoms with Crippen LogP contribution in [0.2, 0.25) is 0 Å². The number of alkyl halides is 1. The second kappa shape index (κ2) is 8.82. The number of ether oxygens (including phenoxy) is 1. The Morgan fingerprint density at radius 3 is 2.42 bits per heavy atom. The summed E-state index contributed by atoms with van der Waals surface area (Å²) in [6.07, 6.45) is 3.06. The Morgan fingerprint density at radius 1 is 1.00 bits per heavy atom. The number of methoxy groups -OCH3 is 1. The fraction of sp³-hybridized carbons (Fsp3) is 0.138. The number of aromatic nitrogens is 3. The third kappa shape index (κ3) is 3.64. The van der Waals surface area contributed by atoms with Crippen LogP contribution in [0.3, 0.4) is 0 Å². The Hall–Kier alpha value is -4.70. The lowest BCUT2D eigenvalue weighted by Crippen LogP contribution is -2.26. The Bertz CT molecular complexity index is 1700. The van der Waals surface area contributed by atoms with E-state index in [0.29, 0.717) is 39.2 Å².